The van der Waals surface area contributed by atoms with Crippen LogP contribution in [0.2, 0.25) is 0 Å². The summed E-state index contributed by atoms with van der Waals surface area (Å²) >= 11 is 0. The van der Waals surface area contributed by atoms with Gasteiger partial charge in [0.05, 0.1) is 18.8 Å². The minimum absolute atomic E-state index is 0.318. The van der Waals surface area contributed by atoms with Crippen LogP contribution in [0, 0.1) is 11.3 Å². The number of nitriles is 1. The van der Waals surface area contributed by atoms with E-state index in [1.54, 1.807) is 6.26 Å². The Morgan fingerprint density at radius 3 is 2.95 bits per heavy atom. The van der Waals surface area contributed by atoms with Gasteiger partial charge in [-0.05, 0) is 49.2 Å². The Hall–Kier alpha value is -2.41. The van der Waals surface area contributed by atoms with E-state index in [0.717, 1.165) is 29.9 Å². The lowest BCUT2D eigenvalue weighted by Gasteiger charge is -2.16. The van der Waals surface area contributed by atoms with Crippen LogP contribution < -0.4 is 11.1 Å². The normalized spacial score (nSPS) is 11.8. The highest BCUT2D eigenvalue weighted by molar-refractivity contribution is 5.58. The van der Waals surface area contributed by atoms with Crippen molar-refractivity contribution in [3.05, 3.63) is 47.9 Å². The lowest BCUT2D eigenvalue weighted by atomic mass is 10.1. The fourth-order valence-electron chi connectivity index (χ4n) is 2.10. The molecular formula is C16H19N3O. The Morgan fingerprint density at radius 2 is 2.25 bits per heavy atom. The number of rotatable bonds is 6. The third kappa shape index (κ3) is 3.79. The maximum atomic E-state index is 8.77. The van der Waals surface area contributed by atoms with Crippen LogP contribution in [0.25, 0.3) is 0 Å². The summed E-state index contributed by atoms with van der Waals surface area (Å²) in [6, 6.07) is 12.1. The molecule has 0 aliphatic heterocycles. The number of hydrogen-bond donors (Lipinski definition) is 2. The van der Waals surface area contributed by atoms with Crippen molar-refractivity contribution in [2.75, 3.05) is 11.1 Å². The number of hydrogen-bond acceptors (Lipinski definition) is 4. The number of furan rings is 1. The van der Waals surface area contributed by atoms with Crippen molar-refractivity contribution in [3.8, 4) is 6.07 Å². The predicted molar refractivity (Wildman–Crippen MR) is 80.3 cm³/mol. The summed E-state index contributed by atoms with van der Waals surface area (Å²) in [6.45, 7) is 2.13. The van der Waals surface area contributed by atoms with Gasteiger partial charge in [0.1, 0.15) is 5.76 Å². The number of nitrogens with two attached hydrogens (primary N) is 1. The van der Waals surface area contributed by atoms with E-state index in [4.69, 9.17) is 15.4 Å². The molecule has 4 heteroatoms. The van der Waals surface area contributed by atoms with Crippen LogP contribution in [0.3, 0.4) is 0 Å². The summed E-state index contributed by atoms with van der Waals surface area (Å²) in [7, 11) is 0. The Kier molecular flexibility index (Phi) is 4.67. The van der Waals surface area contributed by atoms with Crippen molar-refractivity contribution in [1.29, 1.82) is 5.26 Å². The van der Waals surface area contributed by atoms with Crippen molar-refractivity contribution >= 4 is 11.4 Å². The fourth-order valence-corrected chi connectivity index (χ4v) is 2.10. The van der Waals surface area contributed by atoms with E-state index in [1.165, 1.54) is 0 Å². The Labute approximate surface area is 119 Å². The molecule has 0 saturated carbocycles. The number of anilines is 2. The first kappa shape index (κ1) is 14.0. The van der Waals surface area contributed by atoms with E-state index in [0.29, 0.717) is 18.2 Å². The monoisotopic (exact) mass is 269 g/mol. The molecule has 0 amide bonds. The first-order valence-electron chi connectivity index (χ1n) is 6.73. The summed E-state index contributed by atoms with van der Waals surface area (Å²) in [5.41, 5.74) is 8.37. The van der Waals surface area contributed by atoms with Gasteiger partial charge in [-0.2, -0.15) is 5.26 Å². The average molecular weight is 269 g/mol. The van der Waals surface area contributed by atoms with Crippen molar-refractivity contribution in [2.45, 2.75) is 32.2 Å². The third-order valence-corrected chi connectivity index (χ3v) is 3.23. The van der Waals surface area contributed by atoms with Gasteiger partial charge in [-0.25, -0.2) is 0 Å². The largest absolute Gasteiger partial charge is 0.469 e. The fraction of sp³-hybridized carbons (Fsp3) is 0.312. The van der Waals surface area contributed by atoms with E-state index in [9.17, 15) is 0 Å². The molecule has 1 aromatic carbocycles. The summed E-state index contributed by atoms with van der Waals surface area (Å²) in [4.78, 5) is 0. The maximum absolute atomic E-state index is 8.77. The van der Waals surface area contributed by atoms with Gasteiger partial charge in [0, 0.05) is 23.8 Å². The molecule has 0 saturated heterocycles. The number of nitrogens with zero attached hydrogens (tertiary/aromatic N) is 1. The summed E-state index contributed by atoms with van der Waals surface area (Å²) < 4.78 is 5.32. The van der Waals surface area contributed by atoms with Crippen molar-refractivity contribution in [1.82, 2.24) is 0 Å². The first-order chi connectivity index (χ1) is 9.69. The van der Waals surface area contributed by atoms with Crippen LogP contribution in [-0.2, 0) is 12.8 Å². The highest BCUT2D eigenvalue weighted by Crippen LogP contribution is 2.19. The van der Waals surface area contributed by atoms with Crippen molar-refractivity contribution < 1.29 is 4.42 Å². The van der Waals surface area contributed by atoms with Gasteiger partial charge in [-0.1, -0.05) is 0 Å². The van der Waals surface area contributed by atoms with Crippen molar-refractivity contribution in [3.63, 3.8) is 0 Å². The molecule has 2 rings (SSSR count). The van der Waals surface area contributed by atoms with E-state index >= 15 is 0 Å². The van der Waals surface area contributed by atoms with Crippen LogP contribution in [0.1, 0.15) is 24.7 Å². The predicted octanol–water partition coefficient (Wildman–Crippen LogP) is 3.36. The molecule has 2 aromatic rings. The molecule has 4 nitrogen and oxygen atoms in total. The minimum Gasteiger partial charge on any atom is -0.469 e. The lowest BCUT2D eigenvalue weighted by molar-refractivity contribution is 0.495. The average Bonchev–Trinajstić information content (AvgIpc) is 2.94. The second-order valence-corrected chi connectivity index (χ2v) is 4.91. The summed E-state index contributed by atoms with van der Waals surface area (Å²) in [6.07, 6.45) is 3.91. The maximum Gasteiger partial charge on any atom is 0.103 e. The highest BCUT2D eigenvalue weighted by Gasteiger charge is 2.06. The molecule has 3 N–H and O–H groups in total. The van der Waals surface area contributed by atoms with Gasteiger partial charge in [-0.3, -0.25) is 0 Å². The second kappa shape index (κ2) is 6.67. The molecule has 20 heavy (non-hydrogen) atoms. The molecule has 0 bridgehead atoms. The van der Waals surface area contributed by atoms with E-state index < -0.39 is 0 Å². The molecular weight excluding hydrogens is 250 g/mol. The zero-order valence-electron chi connectivity index (χ0n) is 11.6. The zero-order chi connectivity index (χ0) is 14.4. The Balaban J connectivity index is 1.92. The molecule has 0 radical (unpaired) electrons. The Bertz CT molecular complexity index is 584. The third-order valence-electron chi connectivity index (χ3n) is 3.23. The summed E-state index contributed by atoms with van der Waals surface area (Å²) in [5, 5.41) is 12.2. The number of nitrogen functional groups attached to an aromatic ring is 1. The van der Waals surface area contributed by atoms with Crippen molar-refractivity contribution in [2.24, 2.45) is 0 Å². The van der Waals surface area contributed by atoms with Gasteiger partial charge in [0.15, 0.2) is 0 Å². The van der Waals surface area contributed by atoms with E-state index in [-0.39, 0.29) is 0 Å². The van der Waals surface area contributed by atoms with Gasteiger partial charge < -0.3 is 15.5 Å². The quantitative estimate of drug-likeness (QED) is 0.788. The second-order valence-electron chi connectivity index (χ2n) is 4.91. The standard InChI is InChI=1S/C16H19N3O/c1-12(4-6-15-3-2-10-20-15)19-14-5-7-16(18)13(11-14)8-9-17/h2-3,5,7,10-12,19H,4,6,8,18H2,1H3. The number of nitrogens with one attached hydrogen (secondary N) is 1. The smallest absolute Gasteiger partial charge is 0.103 e. The molecule has 1 heterocycles. The van der Waals surface area contributed by atoms with Crippen LogP contribution in [0.4, 0.5) is 11.4 Å². The molecule has 1 aromatic heterocycles. The SMILES string of the molecule is CC(CCc1ccco1)Nc1ccc(N)c(CC#N)c1. The molecule has 0 aliphatic rings. The van der Waals surface area contributed by atoms with Crippen LogP contribution in [-0.4, -0.2) is 6.04 Å². The van der Waals surface area contributed by atoms with Gasteiger partial charge >= 0.3 is 0 Å². The van der Waals surface area contributed by atoms with Crippen LogP contribution >= 0.6 is 0 Å². The van der Waals surface area contributed by atoms with E-state index in [2.05, 4.69) is 18.3 Å². The highest BCUT2D eigenvalue weighted by atomic mass is 16.3. The molecule has 0 spiro atoms. The first-order valence-corrected chi connectivity index (χ1v) is 6.73. The molecule has 104 valence electrons. The van der Waals surface area contributed by atoms with Crippen LogP contribution in [0.5, 0.6) is 0 Å². The molecule has 1 unspecified atom stereocenters. The molecule has 0 aliphatic carbocycles. The van der Waals surface area contributed by atoms with Gasteiger partial charge in [0.25, 0.3) is 0 Å². The minimum atomic E-state index is 0.318. The summed E-state index contributed by atoms with van der Waals surface area (Å²) in [5.74, 6) is 1.00. The molecule has 0 fully saturated rings. The van der Waals surface area contributed by atoms with Crippen LogP contribution in [0.15, 0.2) is 41.0 Å². The lowest BCUT2D eigenvalue weighted by Crippen LogP contribution is -2.16. The van der Waals surface area contributed by atoms with E-state index in [1.807, 2.05) is 30.3 Å². The molecule has 1 atom stereocenters. The number of benzene rings is 1. The van der Waals surface area contributed by atoms with Gasteiger partial charge in [-0.15, -0.1) is 0 Å². The van der Waals surface area contributed by atoms with Gasteiger partial charge in [0.2, 0.25) is 0 Å². The number of aryl methyl sites for hydroxylation is 1. The topological polar surface area (TPSA) is 75.0 Å². The zero-order valence-corrected chi connectivity index (χ0v) is 11.6. The Morgan fingerprint density at radius 1 is 1.40 bits per heavy atom.